The van der Waals surface area contributed by atoms with Crippen molar-refractivity contribution in [3.05, 3.63) is 16.4 Å². The summed E-state index contributed by atoms with van der Waals surface area (Å²) in [4.78, 5) is 2.55. The van der Waals surface area contributed by atoms with Gasteiger partial charge in [-0.15, -0.1) is 24.8 Å². The minimum absolute atomic E-state index is 0. The summed E-state index contributed by atoms with van der Waals surface area (Å²) < 4.78 is 1.78. The summed E-state index contributed by atoms with van der Waals surface area (Å²) in [5.74, 6) is 0.818. The SMILES string of the molecule is Cc1nn(C)c(Cl)c1CN1CC[C@@H]2NCCC[C@@H]2C1.Cl.Cl. The summed E-state index contributed by atoms with van der Waals surface area (Å²) in [5.41, 5.74) is 2.27. The molecule has 4 nitrogen and oxygen atoms in total. The first-order valence-corrected chi connectivity index (χ1v) is 7.66. The third-order valence-corrected chi connectivity index (χ3v) is 5.10. The molecule has 0 aliphatic carbocycles. The van der Waals surface area contributed by atoms with Gasteiger partial charge in [-0.2, -0.15) is 5.10 Å². The van der Waals surface area contributed by atoms with Crippen molar-refractivity contribution in [2.45, 2.75) is 38.8 Å². The van der Waals surface area contributed by atoms with Gasteiger partial charge < -0.3 is 5.32 Å². The number of aryl methyl sites for hydroxylation is 2. The van der Waals surface area contributed by atoms with Gasteiger partial charge in [0.05, 0.1) is 5.69 Å². The lowest BCUT2D eigenvalue weighted by atomic mass is 9.85. The molecule has 2 fully saturated rings. The molecule has 2 aliphatic heterocycles. The van der Waals surface area contributed by atoms with Gasteiger partial charge in [0, 0.05) is 31.7 Å². The molecule has 3 heterocycles. The molecule has 0 unspecified atom stereocenters. The van der Waals surface area contributed by atoms with Crippen LogP contribution in [0.4, 0.5) is 0 Å². The number of fused-ring (bicyclic) bond motifs is 1. The molecule has 0 saturated carbocycles. The second-order valence-electron chi connectivity index (χ2n) is 5.97. The fourth-order valence-corrected chi connectivity index (χ4v) is 3.78. The molecule has 2 saturated heterocycles. The molecule has 1 N–H and O–H groups in total. The first-order chi connectivity index (χ1) is 9.15. The monoisotopic (exact) mass is 354 g/mol. The van der Waals surface area contributed by atoms with Gasteiger partial charge >= 0.3 is 0 Å². The van der Waals surface area contributed by atoms with E-state index in [1.54, 1.807) is 4.68 Å². The number of hydrogen-bond acceptors (Lipinski definition) is 3. The molecular weight excluding hydrogens is 331 g/mol. The standard InChI is InChI=1S/C14H23ClN4.2ClH/c1-10-12(14(15)18(2)17-10)9-19-7-5-13-11(8-19)4-3-6-16-13;;/h11,13,16H,3-9H2,1-2H3;2*1H/t11-,13+;;/m1../s1. The maximum Gasteiger partial charge on any atom is 0.131 e. The van der Waals surface area contributed by atoms with E-state index in [1.165, 1.54) is 44.5 Å². The van der Waals surface area contributed by atoms with Crippen molar-refractivity contribution in [1.29, 1.82) is 0 Å². The Kier molecular flexibility index (Phi) is 7.28. The second kappa shape index (κ2) is 8.02. The number of halogens is 3. The van der Waals surface area contributed by atoms with Gasteiger partial charge in [0.2, 0.25) is 0 Å². The predicted molar refractivity (Wildman–Crippen MR) is 91.9 cm³/mol. The van der Waals surface area contributed by atoms with Crippen molar-refractivity contribution in [3.63, 3.8) is 0 Å². The molecule has 3 rings (SSSR count). The molecule has 0 bridgehead atoms. The molecular formula is C14H25Cl3N4. The number of piperidine rings is 2. The van der Waals surface area contributed by atoms with Crippen LogP contribution in [0.1, 0.15) is 30.5 Å². The zero-order chi connectivity index (χ0) is 13.4. The van der Waals surface area contributed by atoms with Crippen molar-refractivity contribution in [3.8, 4) is 0 Å². The molecule has 0 spiro atoms. The molecule has 1 aromatic rings. The average Bonchev–Trinajstić information content (AvgIpc) is 2.65. The Morgan fingerprint density at radius 2 is 2.10 bits per heavy atom. The molecule has 7 heteroatoms. The van der Waals surface area contributed by atoms with E-state index >= 15 is 0 Å². The molecule has 0 radical (unpaired) electrons. The fraction of sp³-hybridized carbons (Fsp3) is 0.786. The van der Waals surface area contributed by atoms with Gasteiger partial charge in [-0.25, -0.2) is 0 Å². The summed E-state index contributed by atoms with van der Waals surface area (Å²) in [5, 5.41) is 8.86. The van der Waals surface area contributed by atoms with Crippen LogP contribution in [0, 0.1) is 12.8 Å². The van der Waals surface area contributed by atoms with Crippen LogP contribution in [0.25, 0.3) is 0 Å². The van der Waals surface area contributed by atoms with E-state index in [9.17, 15) is 0 Å². The number of nitrogens with zero attached hydrogens (tertiary/aromatic N) is 3. The number of aromatic nitrogens is 2. The smallest absolute Gasteiger partial charge is 0.131 e. The topological polar surface area (TPSA) is 33.1 Å². The molecule has 0 aromatic carbocycles. The number of rotatable bonds is 2. The normalized spacial score (nSPS) is 25.7. The van der Waals surface area contributed by atoms with Gasteiger partial charge in [0.1, 0.15) is 5.15 Å². The quantitative estimate of drug-likeness (QED) is 0.885. The van der Waals surface area contributed by atoms with Gasteiger partial charge in [-0.3, -0.25) is 9.58 Å². The number of likely N-dealkylation sites (tertiary alicyclic amines) is 1. The summed E-state index contributed by atoms with van der Waals surface area (Å²) in [6, 6.07) is 0.746. The summed E-state index contributed by atoms with van der Waals surface area (Å²) in [7, 11) is 1.91. The maximum atomic E-state index is 6.33. The highest BCUT2D eigenvalue weighted by molar-refractivity contribution is 6.30. The summed E-state index contributed by atoms with van der Waals surface area (Å²) in [6.07, 6.45) is 3.96. The van der Waals surface area contributed by atoms with E-state index < -0.39 is 0 Å². The van der Waals surface area contributed by atoms with Crippen LogP contribution in [-0.2, 0) is 13.6 Å². The molecule has 1 aromatic heterocycles. The molecule has 21 heavy (non-hydrogen) atoms. The van der Waals surface area contributed by atoms with Crippen LogP contribution in [0.2, 0.25) is 5.15 Å². The number of hydrogen-bond donors (Lipinski definition) is 1. The molecule has 122 valence electrons. The first-order valence-electron chi connectivity index (χ1n) is 7.29. The van der Waals surface area contributed by atoms with E-state index in [4.69, 9.17) is 11.6 Å². The van der Waals surface area contributed by atoms with Crippen LogP contribution < -0.4 is 5.32 Å². The lowest BCUT2D eigenvalue weighted by Crippen LogP contribution is -2.51. The Morgan fingerprint density at radius 1 is 1.33 bits per heavy atom. The highest BCUT2D eigenvalue weighted by Gasteiger charge is 2.31. The maximum absolute atomic E-state index is 6.33. The van der Waals surface area contributed by atoms with E-state index in [-0.39, 0.29) is 24.8 Å². The minimum Gasteiger partial charge on any atom is -0.314 e. The van der Waals surface area contributed by atoms with Crippen LogP contribution in [0.5, 0.6) is 0 Å². The molecule has 2 atom stereocenters. The largest absolute Gasteiger partial charge is 0.314 e. The Labute approximate surface area is 144 Å². The summed E-state index contributed by atoms with van der Waals surface area (Å²) in [6.45, 7) is 6.56. The van der Waals surface area contributed by atoms with Gasteiger partial charge in [0.15, 0.2) is 0 Å². The zero-order valence-corrected chi connectivity index (χ0v) is 15.0. The van der Waals surface area contributed by atoms with Crippen LogP contribution >= 0.6 is 36.4 Å². The minimum atomic E-state index is 0. The molecule has 2 aliphatic rings. The van der Waals surface area contributed by atoms with E-state index in [0.717, 1.165) is 29.4 Å². The fourth-order valence-electron chi connectivity index (χ4n) is 3.54. The van der Waals surface area contributed by atoms with Crippen molar-refractivity contribution in [2.75, 3.05) is 19.6 Å². The average molecular weight is 356 g/mol. The van der Waals surface area contributed by atoms with Crippen LogP contribution in [0.15, 0.2) is 0 Å². The van der Waals surface area contributed by atoms with E-state index in [1.807, 2.05) is 7.05 Å². The molecule has 0 amide bonds. The van der Waals surface area contributed by atoms with Crippen LogP contribution in [0.3, 0.4) is 0 Å². The predicted octanol–water partition coefficient (Wildman–Crippen LogP) is 2.80. The Morgan fingerprint density at radius 3 is 2.76 bits per heavy atom. The van der Waals surface area contributed by atoms with E-state index in [2.05, 4.69) is 22.2 Å². The van der Waals surface area contributed by atoms with Gasteiger partial charge in [-0.1, -0.05) is 11.6 Å². The highest BCUT2D eigenvalue weighted by Crippen LogP contribution is 2.27. The van der Waals surface area contributed by atoms with E-state index in [0.29, 0.717) is 0 Å². The van der Waals surface area contributed by atoms with Crippen molar-refractivity contribution < 1.29 is 0 Å². The first kappa shape index (κ1) is 19.0. The van der Waals surface area contributed by atoms with Gasteiger partial charge in [-0.05, 0) is 45.2 Å². The zero-order valence-electron chi connectivity index (χ0n) is 12.6. The third kappa shape index (κ3) is 4.05. The Bertz CT molecular complexity index is 463. The second-order valence-corrected chi connectivity index (χ2v) is 6.32. The number of nitrogens with one attached hydrogen (secondary N) is 1. The lowest BCUT2D eigenvalue weighted by molar-refractivity contribution is 0.109. The summed E-state index contributed by atoms with van der Waals surface area (Å²) >= 11 is 6.33. The third-order valence-electron chi connectivity index (χ3n) is 4.63. The van der Waals surface area contributed by atoms with Gasteiger partial charge in [0.25, 0.3) is 0 Å². The van der Waals surface area contributed by atoms with Crippen molar-refractivity contribution in [2.24, 2.45) is 13.0 Å². The van der Waals surface area contributed by atoms with Crippen LogP contribution in [-0.4, -0.2) is 40.4 Å². The Balaban J connectivity index is 0.00000110. The highest BCUT2D eigenvalue weighted by atomic mass is 35.5. The lowest BCUT2D eigenvalue weighted by Gasteiger charge is -2.41. The Hall–Kier alpha value is -0.000000000000000111. The van der Waals surface area contributed by atoms with Crippen molar-refractivity contribution in [1.82, 2.24) is 20.0 Å². The van der Waals surface area contributed by atoms with Crippen molar-refractivity contribution >= 4 is 36.4 Å².